The van der Waals surface area contributed by atoms with Crippen molar-refractivity contribution in [3.05, 3.63) is 0 Å². The fraction of sp³-hybridized carbons (Fsp3) is 1.00. The fourth-order valence-electron chi connectivity index (χ4n) is 1.98. The Morgan fingerprint density at radius 1 is 0.400 bits per heavy atom. The summed E-state index contributed by atoms with van der Waals surface area (Å²) in [6.45, 7) is 3.19. The Labute approximate surface area is 135 Å². The van der Waals surface area contributed by atoms with Gasteiger partial charge in [-0.2, -0.15) is 0 Å². The molecule has 20 heavy (non-hydrogen) atoms. The van der Waals surface area contributed by atoms with Crippen LogP contribution in [0.15, 0.2) is 0 Å². The molecule has 0 radical (unpaired) electrons. The van der Waals surface area contributed by atoms with E-state index in [1.54, 1.807) is 0 Å². The van der Waals surface area contributed by atoms with Crippen LogP contribution in [0.3, 0.4) is 0 Å². The predicted molar refractivity (Wildman–Crippen MR) is 89.2 cm³/mol. The van der Waals surface area contributed by atoms with E-state index in [1.165, 1.54) is 38.5 Å². The van der Waals surface area contributed by atoms with Gasteiger partial charge in [-0.3, -0.25) is 0 Å². The van der Waals surface area contributed by atoms with E-state index >= 15 is 0 Å². The average Bonchev–Trinajstić information content (AvgIpc) is 2.47. The quantitative estimate of drug-likeness (QED) is 0.263. The highest BCUT2D eigenvalue weighted by molar-refractivity contribution is 6.18. The van der Waals surface area contributed by atoms with Crippen molar-refractivity contribution in [2.45, 2.75) is 64.2 Å². The lowest BCUT2D eigenvalue weighted by atomic mass is 10.2. The maximum Gasteiger partial charge on any atom is 0.0700 e. The Balaban J connectivity index is 2.89. The van der Waals surface area contributed by atoms with Gasteiger partial charge in [0.1, 0.15) is 0 Å². The topological polar surface area (TPSA) is 18.5 Å². The summed E-state index contributed by atoms with van der Waals surface area (Å²) in [5, 5.41) is 0. The van der Waals surface area contributed by atoms with Crippen molar-refractivity contribution in [3.63, 3.8) is 0 Å². The maximum atomic E-state index is 5.62. The third-order valence-electron chi connectivity index (χ3n) is 3.22. The van der Waals surface area contributed by atoms with Gasteiger partial charge in [0.25, 0.3) is 0 Å². The Hall–Kier alpha value is 0.500. The summed E-state index contributed by atoms with van der Waals surface area (Å²) in [6, 6.07) is 0. The molecule has 2 nitrogen and oxygen atoms in total. The normalized spacial score (nSPS) is 11.1. The van der Waals surface area contributed by atoms with E-state index in [-0.39, 0.29) is 0 Å². The lowest BCUT2D eigenvalue weighted by Crippen LogP contribution is -2.06. The highest BCUT2D eigenvalue weighted by atomic mass is 35.5. The molecule has 0 amide bonds. The molecule has 0 aliphatic rings. The number of unbranched alkanes of at least 4 members (excludes halogenated alkanes) is 8. The van der Waals surface area contributed by atoms with Crippen molar-refractivity contribution in [1.82, 2.24) is 0 Å². The molecule has 0 unspecified atom stereocenters. The zero-order valence-corrected chi connectivity index (χ0v) is 14.4. The first kappa shape index (κ1) is 20.5. The third kappa shape index (κ3) is 18.5. The van der Waals surface area contributed by atoms with Crippen LogP contribution in [0, 0.1) is 0 Å². The second-order valence-electron chi connectivity index (χ2n) is 5.14. The number of hydrogen-bond acceptors (Lipinski definition) is 2. The minimum absolute atomic E-state index is 0.730. The van der Waals surface area contributed by atoms with Crippen LogP contribution in [-0.4, -0.2) is 38.2 Å². The van der Waals surface area contributed by atoms with Crippen LogP contribution in [0.1, 0.15) is 64.2 Å². The molecule has 4 heteroatoms. The summed E-state index contributed by atoms with van der Waals surface area (Å²) in [5.74, 6) is 1.58. The van der Waals surface area contributed by atoms with Crippen molar-refractivity contribution < 1.29 is 9.47 Å². The molecule has 0 fully saturated rings. The van der Waals surface area contributed by atoms with E-state index in [9.17, 15) is 0 Å². The van der Waals surface area contributed by atoms with Crippen LogP contribution in [0.4, 0.5) is 0 Å². The van der Waals surface area contributed by atoms with Crippen LogP contribution in [0.2, 0.25) is 0 Å². The lowest BCUT2D eigenvalue weighted by Gasteiger charge is -2.06. The maximum absolute atomic E-state index is 5.62. The molecule has 0 spiro atoms. The molecule has 0 bridgehead atoms. The van der Waals surface area contributed by atoms with Crippen molar-refractivity contribution >= 4 is 23.2 Å². The Morgan fingerprint density at radius 2 is 0.750 bits per heavy atom. The second-order valence-corrected chi connectivity index (χ2v) is 5.89. The first-order valence-corrected chi connectivity index (χ1v) is 9.26. The standard InChI is InChI=1S/C16H32Cl2O2/c17-11-7-3-1-5-9-13-19-15-16-20-14-10-6-2-4-8-12-18/h1-16H2. The van der Waals surface area contributed by atoms with E-state index in [1.807, 2.05) is 0 Å². The molecular formula is C16H32Cl2O2. The first-order chi connectivity index (χ1) is 9.91. The number of hydrogen-bond donors (Lipinski definition) is 0. The van der Waals surface area contributed by atoms with Crippen LogP contribution >= 0.6 is 23.2 Å². The van der Waals surface area contributed by atoms with Gasteiger partial charge in [-0.05, 0) is 25.7 Å². The molecule has 0 atom stereocenters. The smallest absolute Gasteiger partial charge is 0.0700 e. The Bertz CT molecular complexity index is 151. The molecule has 0 heterocycles. The molecule has 0 saturated carbocycles. The Kier molecular flexibility index (Phi) is 20.0. The number of rotatable bonds is 17. The molecule has 0 rings (SSSR count). The number of ether oxygens (including phenoxy) is 2. The van der Waals surface area contributed by atoms with Crippen molar-refractivity contribution in [2.24, 2.45) is 0 Å². The summed E-state index contributed by atoms with van der Waals surface area (Å²) in [4.78, 5) is 0. The first-order valence-electron chi connectivity index (χ1n) is 8.19. The third-order valence-corrected chi connectivity index (χ3v) is 3.75. The van der Waals surface area contributed by atoms with Gasteiger partial charge in [-0.15, -0.1) is 23.2 Å². The summed E-state index contributed by atoms with van der Waals surface area (Å²) in [7, 11) is 0. The van der Waals surface area contributed by atoms with Crippen molar-refractivity contribution in [2.75, 3.05) is 38.2 Å². The number of halogens is 2. The van der Waals surface area contributed by atoms with Crippen molar-refractivity contribution in [1.29, 1.82) is 0 Å². The molecule has 0 aliphatic carbocycles. The highest BCUT2D eigenvalue weighted by Crippen LogP contribution is 2.05. The van der Waals surface area contributed by atoms with Crippen LogP contribution in [-0.2, 0) is 9.47 Å². The van der Waals surface area contributed by atoms with E-state index < -0.39 is 0 Å². The Morgan fingerprint density at radius 3 is 1.15 bits per heavy atom. The molecule has 0 aromatic rings. The zero-order valence-electron chi connectivity index (χ0n) is 12.9. The summed E-state index contributed by atoms with van der Waals surface area (Å²) in [5.41, 5.74) is 0. The molecule has 0 saturated heterocycles. The average molecular weight is 327 g/mol. The number of alkyl halides is 2. The fourth-order valence-corrected chi connectivity index (χ4v) is 2.36. The summed E-state index contributed by atoms with van der Waals surface area (Å²) in [6.07, 6.45) is 12.1. The highest BCUT2D eigenvalue weighted by Gasteiger charge is 1.93. The van der Waals surface area contributed by atoms with E-state index in [4.69, 9.17) is 32.7 Å². The van der Waals surface area contributed by atoms with Crippen LogP contribution in [0.5, 0.6) is 0 Å². The zero-order chi connectivity index (χ0) is 14.7. The van der Waals surface area contributed by atoms with Gasteiger partial charge in [0, 0.05) is 25.0 Å². The molecule has 0 N–H and O–H groups in total. The van der Waals surface area contributed by atoms with Gasteiger partial charge in [0.05, 0.1) is 13.2 Å². The second kappa shape index (κ2) is 19.5. The van der Waals surface area contributed by atoms with E-state index in [2.05, 4.69) is 0 Å². The largest absolute Gasteiger partial charge is 0.379 e. The predicted octanol–water partition coefficient (Wildman–Crippen LogP) is 5.40. The SMILES string of the molecule is ClCCCCCCCOCCOCCCCCCCCl. The lowest BCUT2D eigenvalue weighted by molar-refractivity contribution is 0.0448. The van der Waals surface area contributed by atoms with Gasteiger partial charge in [0.15, 0.2) is 0 Å². The van der Waals surface area contributed by atoms with Crippen LogP contribution < -0.4 is 0 Å². The van der Waals surface area contributed by atoms with Gasteiger partial charge >= 0.3 is 0 Å². The van der Waals surface area contributed by atoms with Gasteiger partial charge in [-0.1, -0.05) is 38.5 Å². The van der Waals surface area contributed by atoms with E-state index in [0.29, 0.717) is 0 Å². The van der Waals surface area contributed by atoms with Gasteiger partial charge in [-0.25, -0.2) is 0 Å². The minimum atomic E-state index is 0.730. The van der Waals surface area contributed by atoms with Crippen molar-refractivity contribution in [3.8, 4) is 0 Å². The monoisotopic (exact) mass is 326 g/mol. The summed E-state index contributed by atoms with van der Waals surface area (Å²) < 4.78 is 11.1. The molecule has 0 aromatic heterocycles. The molecule has 122 valence electrons. The molecule has 0 aromatic carbocycles. The molecular weight excluding hydrogens is 295 g/mol. The molecule has 0 aliphatic heterocycles. The summed E-state index contributed by atoms with van der Waals surface area (Å²) >= 11 is 11.2. The van der Waals surface area contributed by atoms with E-state index in [0.717, 1.165) is 63.9 Å². The van der Waals surface area contributed by atoms with Gasteiger partial charge < -0.3 is 9.47 Å². The minimum Gasteiger partial charge on any atom is -0.379 e. The van der Waals surface area contributed by atoms with Gasteiger partial charge in [0.2, 0.25) is 0 Å². The van der Waals surface area contributed by atoms with Crippen LogP contribution in [0.25, 0.3) is 0 Å².